The number of carbonyl (C=O) groups is 1. The number of rotatable bonds is 7. The topological polar surface area (TPSA) is 56.7 Å². The van der Waals surface area contributed by atoms with E-state index in [0.29, 0.717) is 5.56 Å². The highest BCUT2D eigenvalue weighted by atomic mass is 16.4. The first-order valence-electron chi connectivity index (χ1n) is 11.7. The van der Waals surface area contributed by atoms with Gasteiger partial charge in [0.2, 0.25) is 5.36 Å². The molecule has 2 aromatic carbocycles. The predicted octanol–water partition coefficient (Wildman–Crippen LogP) is 5.56. The minimum Gasteiger partial charge on any atom is -0.478 e. The maximum Gasteiger partial charge on any atom is 0.336 e. The lowest BCUT2D eigenvalue weighted by atomic mass is 9.90. The second-order valence-corrected chi connectivity index (χ2v) is 8.03. The molecule has 2 aromatic rings. The van der Waals surface area contributed by atoms with Crippen molar-refractivity contribution >= 4 is 22.6 Å². The fourth-order valence-electron chi connectivity index (χ4n) is 4.62. The summed E-state index contributed by atoms with van der Waals surface area (Å²) in [5.74, 6) is -0.190. The summed E-state index contributed by atoms with van der Waals surface area (Å²) < 4.78 is 8.67. The summed E-state index contributed by atoms with van der Waals surface area (Å²) in [6.45, 7) is 12.1. The number of nitrogens with zero attached hydrogens (tertiary/aromatic N) is 2. The van der Waals surface area contributed by atoms with Crippen LogP contribution in [0.5, 0.6) is 0 Å². The van der Waals surface area contributed by atoms with Gasteiger partial charge in [0.1, 0.15) is 24.4 Å². The standard InChI is InChI=1S/C28H30N2O3/c1-5-29(6-2)19-14-16-25-24(17-19)27(21-11-9-10-12-22(21)28(31)32)23-15-13-20(18-26(23)33-25)30(7-3)8-4/h9-18H,5-8H2,1-4H3/p+1. The van der Waals surface area contributed by atoms with Crippen LogP contribution in [0.4, 0.5) is 5.69 Å². The lowest BCUT2D eigenvalue weighted by Crippen LogP contribution is -2.29. The Morgan fingerprint density at radius 3 is 2.30 bits per heavy atom. The van der Waals surface area contributed by atoms with E-state index in [0.717, 1.165) is 65.1 Å². The molecule has 0 atom stereocenters. The summed E-state index contributed by atoms with van der Waals surface area (Å²) in [5.41, 5.74) is 4.62. The zero-order valence-corrected chi connectivity index (χ0v) is 19.8. The molecule has 0 aromatic heterocycles. The second-order valence-electron chi connectivity index (χ2n) is 8.03. The summed E-state index contributed by atoms with van der Waals surface area (Å²) in [6, 6.07) is 19.6. The molecule has 0 saturated heterocycles. The van der Waals surface area contributed by atoms with Crippen molar-refractivity contribution in [3.63, 3.8) is 0 Å². The molecule has 0 spiro atoms. The van der Waals surface area contributed by atoms with E-state index < -0.39 is 5.97 Å². The molecule has 0 bridgehead atoms. The van der Waals surface area contributed by atoms with Crippen LogP contribution in [0.15, 0.2) is 65.1 Å². The molecule has 4 rings (SSSR count). The number of hydrogen-bond acceptors (Lipinski definition) is 3. The summed E-state index contributed by atoms with van der Waals surface area (Å²) >= 11 is 0. The number of anilines is 1. The van der Waals surface area contributed by atoms with Crippen LogP contribution in [-0.4, -0.2) is 37.3 Å². The van der Waals surface area contributed by atoms with Gasteiger partial charge in [-0.05, 0) is 63.6 Å². The van der Waals surface area contributed by atoms with Gasteiger partial charge in [0, 0.05) is 41.4 Å². The minimum atomic E-state index is -0.938. The molecule has 1 aliphatic carbocycles. The van der Waals surface area contributed by atoms with Crippen molar-refractivity contribution in [2.45, 2.75) is 27.7 Å². The summed E-state index contributed by atoms with van der Waals surface area (Å²) in [7, 11) is 0. The van der Waals surface area contributed by atoms with Gasteiger partial charge in [-0.3, -0.25) is 0 Å². The number of carboxylic acid groups (broad SMARTS) is 1. The minimum absolute atomic E-state index is 0.285. The third-order valence-corrected chi connectivity index (χ3v) is 6.37. The van der Waals surface area contributed by atoms with Crippen LogP contribution in [0.2, 0.25) is 0 Å². The van der Waals surface area contributed by atoms with E-state index in [4.69, 9.17) is 4.42 Å². The molecule has 1 aliphatic heterocycles. The van der Waals surface area contributed by atoms with Crippen LogP contribution >= 0.6 is 0 Å². The SMILES string of the molecule is CCN(CC)c1ccc2oc3cc(=[N+](CC)CC)ccc-3c(-c3ccccc3C(=O)O)c2c1. The second kappa shape index (κ2) is 9.49. The normalized spacial score (nSPS) is 11.2. The average Bonchev–Trinajstić information content (AvgIpc) is 2.84. The van der Waals surface area contributed by atoms with Gasteiger partial charge >= 0.3 is 5.97 Å². The van der Waals surface area contributed by atoms with Gasteiger partial charge in [-0.2, -0.15) is 0 Å². The van der Waals surface area contributed by atoms with E-state index in [2.05, 4.69) is 67.5 Å². The number of carboxylic acids is 1. The maximum absolute atomic E-state index is 12.1. The van der Waals surface area contributed by atoms with Crippen molar-refractivity contribution in [2.24, 2.45) is 0 Å². The first kappa shape index (κ1) is 22.6. The lowest BCUT2D eigenvalue weighted by Gasteiger charge is -2.23. The van der Waals surface area contributed by atoms with Crippen LogP contribution in [0.25, 0.3) is 33.4 Å². The van der Waals surface area contributed by atoms with Crippen molar-refractivity contribution in [3.8, 4) is 22.5 Å². The highest BCUT2D eigenvalue weighted by molar-refractivity contribution is 6.08. The summed E-state index contributed by atoms with van der Waals surface area (Å²) in [6.07, 6.45) is 0. The fraction of sp³-hybridized carbons (Fsp3) is 0.286. The third kappa shape index (κ3) is 4.11. The van der Waals surface area contributed by atoms with Crippen LogP contribution in [-0.2, 0) is 0 Å². The zero-order chi connectivity index (χ0) is 23.5. The quantitative estimate of drug-likeness (QED) is 0.300. The van der Waals surface area contributed by atoms with Crippen LogP contribution in [0.1, 0.15) is 38.1 Å². The Morgan fingerprint density at radius 2 is 1.64 bits per heavy atom. The molecule has 1 N–H and O–H groups in total. The molecule has 5 heteroatoms. The molecule has 170 valence electrons. The van der Waals surface area contributed by atoms with Crippen LogP contribution in [0, 0.1) is 0 Å². The number of aromatic carboxylic acids is 1. The van der Waals surface area contributed by atoms with Gasteiger partial charge < -0.3 is 14.4 Å². The molecular formula is C28H31N2O3+. The molecule has 2 aliphatic rings. The summed E-state index contributed by atoms with van der Waals surface area (Å²) in [5, 5.41) is 11.9. The van der Waals surface area contributed by atoms with Crippen molar-refractivity contribution in [1.29, 1.82) is 0 Å². The number of hydrogen-bond donors (Lipinski definition) is 1. The highest BCUT2D eigenvalue weighted by Gasteiger charge is 2.22. The van der Waals surface area contributed by atoms with Crippen molar-refractivity contribution in [1.82, 2.24) is 4.58 Å². The number of benzene rings is 3. The monoisotopic (exact) mass is 443 g/mol. The Bertz CT molecular complexity index is 1340. The highest BCUT2D eigenvalue weighted by Crippen LogP contribution is 2.42. The van der Waals surface area contributed by atoms with E-state index in [1.807, 2.05) is 18.2 Å². The Kier molecular flexibility index (Phi) is 6.50. The van der Waals surface area contributed by atoms with Crippen molar-refractivity contribution < 1.29 is 14.3 Å². The smallest absolute Gasteiger partial charge is 0.336 e. The van der Waals surface area contributed by atoms with Gasteiger partial charge in [0.25, 0.3) is 0 Å². The van der Waals surface area contributed by atoms with Gasteiger partial charge in [0.05, 0.1) is 11.6 Å². The summed E-state index contributed by atoms with van der Waals surface area (Å²) in [4.78, 5) is 14.4. The maximum atomic E-state index is 12.1. The van der Waals surface area contributed by atoms with E-state index >= 15 is 0 Å². The van der Waals surface area contributed by atoms with E-state index in [1.54, 1.807) is 12.1 Å². The zero-order valence-electron chi connectivity index (χ0n) is 19.8. The van der Waals surface area contributed by atoms with Crippen LogP contribution < -0.4 is 14.8 Å². The number of fused-ring (bicyclic) bond motifs is 2. The van der Waals surface area contributed by atoms with Gasteiger partial charge in [0.15, 0.2) is 0 Å². The Balaban J connectivity index is 2.15. The van der Waals surface area contributed by atoms with Gasteiger partial charge in [-0.1, -0.05) is 18.2 Å². The average molecular weight is 444 g/mol. The van der Waals surface area contributed by atoms with E-state index in [1.165, 1.54) is 0 Å². The first-order chi connectivity index (χ1) is 16.0. The molecule has 0 amide bonds. The fourth-order valence-corrected chi connectivity index (χ4v) is 4.62. The molecule has 0 fully saturated rings. The molecule has 0 radical (unpaired) electrons. The largest absolute Gasteiger partial charge is 0.478 e. The van der Waals surface area contributed by atoms with Gasteiger partial charge in [-0.15, -0.1) is 0 Å². The van der Waals surface area contributed by atoms with Crippen molar-refractivity contribution in [3.05, 3.63) is 71.6 Å². The predicted molar refractivity (Wildman–Crippen MR) is 135 cm³/mol. The third-order valence-electron chi connectivity index (χ3n) is 6.37. The Hall–Kier alpha value is -3.60. The van der Waals surface area contributed by atoms with Crippen LogP contribution in [0.3, 0.4) is 0 Å². The Labute approximate surface area is 194 Å². The molecule has 5 nitrogen and oxygen atoms in total. The molecule has 33 heavy (non-hydrogen) atoms. The lowest BCUT2D eigenvalue weighted by molar-refractivity contribution is 0.0697. The van der Waals surface area contributed by atoms with E-state index in [-0.39, 0.29) is 5.56 Å². The molecular weight excluding hydrogens is 412 g/mol. The molecule has 0 saturated carbocycles. The molecule has 0 unspecified atom stereocenters. The molecule has 1 heterocycles. The van der Waals surface area contributed by atoms with E-state index in [9.17, 15) is 9.90 Å². The Morgan fingerprint density at radius 1 is 0.909 bits per heavy atom. The van der Waals surface area contributed by atoms with Gasteiger partial charge in [-0.25, -0.2) is 9.37 Å². The first-order valence-corrected chi connectivity index (χ1v) is 11.7. The van der Waals surface area contributed by atoms with Crippen molar-refractivity contribution in [2.75, 3.05) is 31.1 Å².